The maximum absolute atomic E-state index is 9.60. The minimum absolute atomic E-state index is 0.220. The number of nitriles is 1. The lowest BCUT2D eigenvalue weighted by Gasteiger charge is -2.09. The second kappa shape index (κ2) is 7.44. The predicted octanol–water partition coefficient (Wildman–Crippen LogP) is 2.55. The normalized spacial score (nSPS) is 13.6. The predicted molar refractivity (Wildman–Crippen MR) is 73.5 cm³/mol. The van der Waals surface area contributed by atoms with Crippen LogP contribution in [0.1, 0.15) is 30.6 Å². The van der Waals surface area contributed by atoms with Gasteiger partial charge in [-0.25, -0.2) is 0 Å². The Morgan fingerprint density at radius 1 is 1.44 bits per heavy atom. The minimum atomic E-state index is -0.609. The maximum atomic E-state index is 9.60. The molecule has 0 aromatic heterocycles. The third-order valence-corrected chi connectivity index (χ3v) is 2.67. The Hall–Kier alpha value is -1.89. The Morgan fingerprint density at radius 2 is 2.11 bits per heavy atom. The van der Waals surface area contributed by atoms with Crippen LogP contribution in [0.15, 0.2) is 42.5 Å². The quantitative estimate of drug-likeness (QED) is 0.779. The number of aliphatic hydroxyl groups excluding tert-OH is 1. The molecule has 0 spiro atoms. The fourth-order valence-electron chi connectivity index (χ4n) is 1.63. The lowest BCUT2D eigenvalue weighted by Crippen LogP contribution is -2.11. The highest BCUT2D eigenvalue weighted by Crippen LogP contribution is 2.19. The zero-order chi connectivity index (χ0) is 13.4. The molecule has 1 aromatic carbocycles. The van der Waals surface area contributed by atoms with E-state index in [0.29, 0.717) is 6.42 Å². The summed E-state index contributed by atoms with van der Waals surface area (Å²) >= 11 is 0. The van der Waals surface area contributed by atoms with Gasteiger partial charge in [0.1, 0.15) is 0 Å². The monoisotopic (exact) mass is 242 g/mol. The van der Waals surface area contributed by atoms with Crippen molar-refractivity contribution in [2.75, 3.05) is 6.54 Å². The van der Waals surface area contributed by atoms with E-state index in [0.717, 1.165) is 16.7 Å². The number of aliphatic hydroxyl groups is 1. The van der Waals surface area contributed by atoms with Gasteiger partial charge in [0.2, 0.25) is 0 Å². The van der Waals surface area contributed by atoms with Gasteiger partial charge in [-0.15, -0.1) is 0 Å². The van der Waals surface area contributed by atoms with Gasteiger partial charge >= 0.3 is 0 Å². The lowest BCUT2D eigenvalue weighted by atomic mass is 10.0. The first-order chi connectivity index (χ1) is 8.72. The molecule has 0 radical (unpaired) electrons. The Bertz CT molecular complexity index is 466. The molecule has 1 atom stereocenters. The van der Waals surface area contributed by atoms with E-state index in [2.05, 4.69) is 6.07 Å². The second-order valence-electron chi connectivity index (χ2n) is 3.88. The highest BCUT2D eigenvalue weighted by atomic mass is 16.3. The first kappa shape index (κ1) is 14.2. The van der Waals surface area contributed by atoms with Crippen molar-refractivity contribution in [1.29, 1.82) is 5.26 Å². The molecule has 3 nitrogen and oxygen atoms in total. The number of hydrogen-bond acceptors (Lipinski definition) is 3. The van der Waals surface area contributed by atoms with E-state index < -0.39 is 6.10 Å². The molecule has 1 unspecified atom stereocenters. The largest absolute Gasteiger partial charge is 0.387 e. The Balaban J connectivity index is 2.87. The smallest absolute Gasteiger partial charge is 0.0912 e. The Labute approximate surface area is 108 Å². The van der Waals surface area contributed by atoms with E-state index in [-0.39, 0.29) is 6.54 Å². The molecule has 0 aliphatic carbocycles. The van der Waals surface area contributed by atoms with Crippen molar-refractivity contribution in [3.8, 4) is 6.07 Å². The average molecular weight is 242 g/mol. The molecule has 3 N–H and O–H groups in total. The molecule has 0 saturated carbocycles. The second-order valence-corrected chi connectivity index (χ2v) is 3.88. The van der Waals surface area contributed by atoms with Crippen molar-refractivity contribution in [3.63, 3.8) is 0 Å². The summed E-state index contributed by atoms with van der Waals surface area (Å²) in [7, 11) is 0. The third kappa shape index (κ3) is 3.85. The fraction of sp³-hybridized carbons (Fsp3) is 0.267. The van der Waals surface area contributed by atoms with Crippen LogP contribution in [0.25, 0.3) is 5.57 Å². The minimum Gasteiger partial charge on any atom is -0.387 e. The van der Waals surface area contributed by atoms with Gasteiger partial charge in [0.05, 0.1) is 18.6 Å². The van der Waals surface area contributed by atoms with Gasteiger partial charge in [-0.1, -0.05) is 42.5 Å². The topological polar surface area (TPSA) is 70.0 Å². The number of allylic oxidation sites excluding steroid dienone is 4. The van der Waals surface area contributed by atoms with Crippen LogP contribution in [-0.4, -0.2) is 11.7 Å². The summed E-state index contributed by atoms with van der Waals surface area (Å²) in [4.78, 5) is 0. The summed E-state index contributed by atoms with van der Waals surface area (Å²) in [5.74, 6) is 0. The molecule has 1 aromatic rings. The zero-order valence-corrected chi connectivity index (χ0v) is 10.5. The van der Waals surface area contributed by atoms with Crippen molar-refractivity contribution in [3.05, 3.63) is 53.6 Å². The van der Waals surface area contributed by atoms with E-state index in [1.54, 1.807) is 0 Å². The van der Waals surface area contributed by atoms with Crippen LogP contribution in [0.2, 0.25) is 0 Å². The van der Waals surface area contributed by atoms with Crippen LogP contribution >= 0.6 is 0 Å². The number of nitrogens with two attached hydrogens (primary N) is 1. The average Bonchev–Trinajstić information content (AvgIpc) is 2.43. The summed E-state index contributed by atoms with van der Waals surface area (Å²) in [6.07, 6.45) is 5.54. The Morgan fingerprint density at radius 3 is 2.61 bits per heavy atom. The SMILES string of the molecule is C/C=C(\C=C/CC#N)c1ccc(C(O)CN)cc1. The first-order valence-electron chi connectivity index (χ1n) is 5.91. The fourth-order valence-corrected chi connectivity index (χ4v) is 1.63. The summed E-state index contributed by atoms with van der Waals surface area (Å²) in [6, 6.07) is 9.70. The molecule has 0 saturated heterocycles. The van der Waals surface area contributed by atoms with Gasteiger partial charge in [0.15, 0.2) is 0 Å². The van der Waals surface area contributed by atoms with Crippen molar-refractivity contribution >= 4 is 5.57 Å². The molecule has 1 rings (SSSR count). The van der Waals surface area contributed by atoms with Crippen molar-refractivity contribution in [2.45, 2.75) is 19.4 Å². The van der Waals surface area contributed by atoms with E-state index >= 15 is 0 Å². The lowest BCUT2D eigenvalue weighted by molar-refractivity contribution is 0.187. The molecule has 0 bridgehead atoms. The molecule has 0 amide bonds. The molecular weight excluding hydrogens is 224 g/mol. The van der Waals surface area contributed by atoms with Gasteiger partial charge in [0, 0.05) is 6.54 Å². The van der Waals surface area contributed by atoms with Gasteiger partial charge in [-0.2, -0.15) is 5.26 Å². The van der Waals surface area contributed by atoms with Crippen molar-refractivity contribution in [1.82, 2.24) is 0 Å². The summed E-state index contributed by atoms with van der Waals surface area (Å²) in [5, 5.41) is 18.1. The molecule has 0 heterocycles. The van der Waals surface area contributed by atoms with Gasteiger partial charge in [-0.3, -0.25) is 0 Å². The van der Waals surface area contributed by atoms with E-state index in [9.17, 15) is 5.11 Å². The van der Waals surface area contributed by atoms with Crippen molar-refractivity contribution in [2.24, 2.45) is 5.73 Å². The first-order valence-corrected chi connectivity index (χ1v) is 5.91. The molecule has 0 aliphatic heterocycles. The zero-order valence-electron chi connectivity index (χ0n) is 10.5. The molecule has 0 fully saturated rings. The van der Waals surface area contributed by atoms with Crippen LogP contribution in [0.3, 0.4) is 0 Å². The molecule has 18 heavy (non-hydrogen) atoms. The van der Waals surface area contributed by atoms with Crippen molar-refractivity contribution < 1.29 is 5.11 Å². The number of hydrogen-bond donors (Lipinski definition) is 2. The highest BCUT2D eigenvalue weighted by molar-refractivity contribution is 5.73. The Kier molecular flexibility index (Phi) is 5.86. The number of nitrogens with zero attached hydrogens (tertiary/aromatic N) is 1. The number of rotatable bonds is 5. The van der Waals surface area contributed by atoms with Crippen LogP contribution in [0.4, 0.5) is 0 Å². The van der Waals surface area contributed by atoms with E-state index in [4.69, 9.17) is 11.0 Å². The van der Waals surface area contributed by atoms with Gasteiger partial charge in [-0.05, 0) is 23.6 Å². The van der Waals surface area contributed by atoms with Gasteiger partial charge in [0.25, 0.3) is 0 Å². The summed E-state index contributed by atoms with van der Waals surface area (Å²) < 4.78 is 0. The van der Waals surface area contributed by atoms with Crippen LogP contribution in [0, 0.1) is 11.3 Å². The van der Waals surface area contributed by atoms with E-state index in [1.165, 1.54) is 0 Å². The standard InChI is InChI=1S/C15H18N2O/c1-2-12(5-3-4-10-16)13-6-8-14(9-7-13)15(18)11-17/h2-3,5-9,15,18H,4,11,17H2,1H3/b5-3-,12-2+. The molecular formula is C15H18N2O. The van der Waals surface area contributed by atoms with Gasteiger partial charge < -0.3 is 10.8 Å². The molecule has 3 heteroatoms. The van der Waals surface area contributed by atoms with Crippen LogP contribution < -0.4 is 5.73 Å². The van der Waals surface area contributed by atoms with Crippen LogP contribution in [-0.2, 0) is 0 Å². The third-order valence-electron chi connectivity index (χ3n) is 2.67. The maximum Gasteiger partial charge on any atom is 0.0912 e. The van der Waals surface area contributed by atoms with E-state index in [1.807, 2.05) is 49.4 Å². The molecule has 94 valence electrons. The molecule has 0 aliphatic rings. The van der Waals surface area contributed by atoms with Crippen LogP contribution in [0.5, 0.6) is 0 Å². The summed E-state index contributed by atoms with van der Waals surface area (Å²) in [6.45, 7) is 2.17. The summed E-state index contributed by atoms with van der Waals surface area (Å²) in [5.41, 5.74) is 8.33. The highest BCUT2D eigenvalue weighted by Gasteiger charge is 2.04. The number of benzene rings is 1.